The van der Waals surface area contributed by atoms with Crippen LogP contribution < -0.4 is 5.32 Å². The first-order valence-electron chi connectivity index (χ1n) is 6.78. The standard InChI is InChI=1S/C14H17BrN2O2S/c1-8-12(18)17(6-11-5-10(15)7-20-11)14(2,9-3-4-9)13(19)16-8/h5,7-9H,3-4,6H2,1-2H3,(H,16,19). The van der Waals surface area contributed by atoms with Crippen LogP contribution in [0.5, 0.6) is 0 Å². The second-order valence-corrected chi connectivity index (χ2v) is 7.68. The van der Waals surface area contributed by atoms with E-state index in [-0.39, 0.29) is 11.8 Å². The molecule has 2 heterocycles. The van der Waals surface area contributed by atoms with Crippen molar-refractivity contribution in [3.8, 4) is 0 Å². The Hall–Kier alpha value is -0.880. The molecule has 0 radical (unpaired) electrons. The maximum atomic E-state index is 12.5. The third-order valence-corrected chi connectivity index (χ3v) is 5.99. The van der Waals surface area contributed by atoms with E-state index in [1.165, 1.54) is 0 Å². The maximum Gasteiger partial charge on any atom is 0.246 e. The third-order valence-electron chi connectivity index (χ3n) is 4.31. The van der Waals surface area contributed by atoms with Crippen molar-refractivity contribution in [1.82, 2.24) is 10.2 Å². The fourth-order valence-corrected chi connectivity index (χ4v) is 4.31. The van der Waals surface area contributed by atoms with E-state index in [0.717, 1.165) is 22.2 Å². The molecule has 2 fully saturated rings. The van der Waals surface area contributed by atoms with Gasteiger partial charge in [0.1, 0.15) is 11.6 Å². The molecule has 20 heavy (non-hydrogen) atoms. The van der Waals surface area contributed by atoms with E-state index >= 15 is 0 Å². The summed E-state index contributed by atoms with van der Waals surface area (Å²) >= 11 is 5.04. The van der Waals surface area contributed by atoms with Crippen molar-refractivity contribution < 1.29 is 9.59 Å². The zero-order valence-corrected chi connectivity index (χ0v) is 13.9. The van der Waals surface area contributed by atoms with Crippen LogP contribution in [0.25, 0.3) is 0 Å². The van der Waals surface area contributed by atoms with E-state index in [4.69, 9.17) is 0 Å². The molecule has 1 aliphatic carbocycles. The van der Waals surface area contributed by atoms with Crippen molar-refractivity contribution in [3.05, 3.63) is 20.8 Å². The van der Waals surface area contributed by atoms with Gasteiger partial charge in [-0.2, -0.15) is 0 Å². The van der Waals surface area contributed by atoms with Crippen LogP contribution in [0.15, 0.2) is 15.9 Å². The summed E-state index contributed by atoms with van der Waals surface area (Å²) in [6.07, 6.45) is 2.05. The van der Waals surface area contributed by atoms with Crippen molar-refractivity contribution in [2.75, 3.05) is 0 Å². The molecule has 0 aromatic carbocycles. The van der Waals surface area contributed by atoms with E-state index in [1.807, 2.05) is 18.4 Å². The summed E-state index contributed by atoms with van der Waals surface area (Å²) in [6.45, 7) is 4.18. The Bertz CT molecular complexity index is 569. The second kappa shape index (κ2) is 4.84. The minimum absolute atomic E-state index is 0.0114. The predicted molar refractivity (Wildman–Crippen MR) is 81.3 cm³/mol. The topological polar surface area (TPSA) is 49.4 Å². The van der Waals surface area contributed by atoms with Crippen LogP contribution in [0.4, 0.5) is 0 Å². The van der Waals surface area contributed by atoms with Gasteiger partial charge in [0.25, 0.3) is 0 Å². The molecule has 1 aromatic heterocycles. The SMILES string of the molecule is CC1NC(=O)C(C)(C2CC2)N(Cc2cc(Br)cs2)C1=O. The molecule has 108 valence electrons. The highest BCUT2D eigenvalue weighted by atomic mass is 79.9. The molecule has 2 atom stereocenters. The molecule has 6 heteroatoms. The molecule has 0 spiro atoms. The molecule has 1 aromatic rings. The Morgan fingerprint density at radius 1 is 1.50 bits per heavy atom. The molecule has 3 rings (SSSR count). The highest BCUT2D eigenvalue weighted by Crippen LogP contribution is 2.45. The number of rotatable bonds is 3. The van der Waals surface area contributed by atoms with Gasteiger partial charge >= 0.3 is 0 Å². The first kappa shape index (κ1) is 14.1. The summed E-state index contributed by atoms with van der Waals surface area (Å²) in [7, 11) is 0. The van der Waals surface area contributed by atoms with E-state index in [1.54, 1.807) is 23.2 Å². The Morgan fingerprint density at radius 2 is 2.20 bits per heavy atom. The summed E-state index contributed by atoms with van der Waals surface area (Å²) in [5, 5.41) is 4.83. The summed E-state index contributed by atoms with van der Waals surface area (Å²) in [5.74, 6) is 0.300. The number of thiophene rings is 1. The van der Waals surface area contributed by atoms with Crippen LogP contribution in [-0.4, -0.2) is 28.3 Å². The van der Waals surface area contributed by atoms with Gasteiger partial charge < -0.3 is 10.2 Å². The zero-order chi connectivity index (χ0) is 14.5. The van der Waals surface area contributed by atoms with Crippen LogP contribution >= 0.6 is 27.3 Å². The molecule has 2 aliphatic rings. The molecule has 1 saturated carbocycles. The highest BCUT2D eigenvalue weighted by molar-refractivity contribution is 9.10. The van der Waals surface area contributed by atoms with Gasteiger partial charge in [0.15, 0.2) is 0 Å². The van der Waals surface area contributed by atoms with Crippen molar-refractivity contribution >= 4 is 39.1 Å². The van der Waals surface area contributed by atoms with Crippen LogP contribution in [0.3, 0.4) is 0 Å². The van der Waals surface area contributed by atoms with Gasteiger partial charge in [-0.3, -0.25) is 9.59 Å². The fraction of sp³-hybridized carbons (Fsp3) is 0.571. The molecular weight excluding hydrogens is 340 g/mol. The summed E-state index contributed by atoms with van der Waals surface area (Å²) in [6, 6.07) is 1.58. The second-order valence-electron chi connectivity index (χ2n) is 5.77. The number of piperazine rings is 1. The first-order valence-corrected chi connectivity index (χ1v) is 8.45. The van der Waals surface area contributed by atoms with Crippen molar-refractivity contribution in [2.24, 2.45) is 5.92 Å². The lowest BCUT2D eigenvalue weighted by atomic mass is 9.88. The van der Waals surface area contributed by atoms with Crippen LogP contribution in [-0.2, 0) is 16.1 Å². The predicted octanol–water partition coefficient (Wildman–Crippen LogP) is 2.53. The monoisotopic (exact) mass is 356 g/mol. The normalized spacial score (nSPS) is 30.6. The Morgan fingerprint density at radius 3 is 2.75 bits per heavy atom. The zero-order valence-electron chi connectivity index (χ0n) is 11.5. The smallest absolute Gasteiger partial charge is 0.246 e. The van der Waals surface area contributed by atoms with E-state index in [2.05, 4.69) is 21.2 Å². The molecule has 4 nitrogen and oxygen atoms in total. The average Bonchev–Trinajstić information content (AvgIpc) is 3.17. The van der Waals surface area contributed by atoms with Crippen LogP contribution in [0.2, 0.25) is 0 Å². The number of amides is 2. The molecule has 2 unspecified atom stereocenters. The number of hydrogen-bond donors (Lipinski definition) is 1. The number of hydrogen-bond acceptors (Lipinski definition) is 3. The van der Waals surface area contributed by atoms with Crippen LogP contribution in [0, 0.1) is 5.92 Å². The number of carbonyl (C=O) groups excluding carboxylic acids is 2. The van der Waals surface area contributed by atoms with Crippen molar-refractivity contribution in [3.63, 3.8) is 0 Å². The Labute approximate surface area is 130 Å². The average molecular weight is 357 g/mol. The lowest BCUT2D eigenvalue weighted by Gasteiger charge is -2.46. The number of halogens is 1. The quantitative estimate of drug-likeness (QED) is 0.904. The molecular formula is C14H17BrN2O2S. The lowest BCUT2D eigenvalue weighted by molar-refractivity contribution is -0.158. The molecule has 0 bridgehead atoms. The first-order chi connectivity index (χ1) is 9.42. The van der Waals surface area contributed by atoms with Gasteiger partial charge in [0, 0.05) is 14.7 Å². The van der Waals surface area contributed by atoms with Gasteiger partial charge in [0.05, 0.1) is 6.54 Å². The minimum atomic E-state index is -0.694. The molecule has 2 amide bonds. The van der Waals surface area contributed by atoms with Gasteiger partial charge in [-0.25, -0.2) is 0 Å². The van der Waals surface area contributed by atoms with E-state index in [9.17, 15) is 9.59 Å². The Balaban J connectivity index is 1.93. The maximum absolute atomic E-state index is 12.5. The van der Waals surface area contributed by atoms with Crippen molar-refractivity contribution in [2.45, 2.75) is 44.8 Å². The summed E-state index contributed by atoms with van der Waals surface area (Å²) in [5.41, 5.74) is -0.694. The number of nitrogens with zero attached hydrogens (tertiary/aromatic N) is 1. The highest BCUT2D eigenvalue weighted by Gasteiger charge is 2.56. The summed E-state index contributed by atoms with van der Waals surface area (Å²) < 4.78 is 1.02. The number of carbonyl (C=O) groups is 2. The molecule has 1 N–H and O–H groups in total. The van der Waals surface area contributed by atoms with E-state index < -0.39 is 11.6 Å². The van der Waals surface area contributed by atoms with E-state index in [0.29, 0.717) is 12.5 Å². The fourth-order valence-electron chi connectivity index (χ4n) is 2.88. The minimum Gasteiger partial charge on any atom is -0.343 e. The Kier molecular flexibility index (Phi) is 3.41. The van der Waals surface area contributed by atoms with Crippen LogP contribution in [0.1, 0.15) is 31.6 Å². The molecule has 1 aliphatic heterocycles. The van der Waals surface area contributed by atoms with Gasteiger partial charge in [0.2, 0.25) is 11.8 Å². The third kappa shape index (κ3) is 2.19. The lowest BCUT2D eigenvalue weighted by Crippen LogP contribution is -2.69. The largest absolute Gasteiger partial charge is 0.343 e. The van der Waals surface area contributed by atoms with Gasteiger partial charge in [-0.15, -0.1) is 11.3 Å². The number of nitrogens with one attached hydrogen (secondary N) is 1. The molecule has 1 saturated heterocycles. The van der Waals surface area contributed by atoms with Crippen molar-refractivity contribution in [1.29, 1.82) is 0 Å². The summed E-state index contributed by atoms with van der Waals surface area (Å²) in [4.78, 5) is 27.9. The van der Waals surface area contributed by atoms with Gasteiger partial charge in [-0.05, 0) is 54.6 Å². The van der Waals surface area contributed by atoms with Gasteiger partial charge in [-0.1, -0.05) is 0 Å².